The first-order valence-electron chi connectivity index (χ1n) is 6.61. The largest absolute Gasteiger partial charge is 0.490 e. The molecule has 0 aromatic heterocycles. The van der Waals surface area contributed by atoms with Gasteiger partial charge in [0.15, 0.2) is 0 Å². The minimum Gasteiger partial charge on any atom is -0.490 e. The van der Waals surface area contributed by atoms with Gasteiger partial charge in [0, 0.05) is 20.2 Å². The van der Waals surface area contributed by atoms with Crippen molar-refractivity contribution in [3.05, 3.63) is 28.7 Å². The summed E-state index contributed by atoms with van der Waals surface area (Å²) in [5, 5.41) is 12.4. The molecule has 0 aliphatic heterocycles. The number of carbonyl (C=O) groups excluding carboxylic acids is 1. The van der Waals surface area contributed by atoms with Gasteiger partial charge in [0.25, 0.3) is 0 Å². The molecule has 22 heavy (non-hydrogen) atoms. The highest BCUT2D eigenvalue weighted by molar-refractivity contribution is 9.10. The normalized spacial score (nSPS) is 12.9. The van der Waals surface area contributed by atoms with Crippen LogP contribution in [0.1, 0.15) is 6.42 Å². The molecule has 1 rings (SSSR count). The molecule has 0 saturated carbocycles. The number of hydrogen-bond acceptors (Lipinski definition) is 5. The fourth-order valence-corrected chi connectivity index (χ4v) is 1.98. The molecule has 2 atom stereocenters. The smallest absolute Gasteiger partial charge is 0.222 e. The number of aliphatic hydroxyl groups is 1. The fourth-order valence-electron chi connectivity index (χ4n) is 1.58. The molecule has 6 nitrogen and oxygen atoms in total. The number of hydrogen-bond donors (Lipinski definition) is 3. The van der Waals surface area contributed by atoms with E-state index in [0.29, 0.717) is 5.75 Å². The zero-order chi connectivity index (χ0) is 15.7. The van der Waals surface area contributed by atoms with E-state index in [9.17, 15) is 9.90 Å². The number of nitrogens with two attached hydrogens (primary N) is 1. The predicted molar refractivity (Wildman–Crippen MR) is 90.4 cm³/mol. The number of aliphatic hydroxyl groups excluding tert-OH is 1. The molecule has 2 unspecified atom stereocenters. The molecule has 126 valence electrons. The van der Waals surface area contributed by atoms with Crippen LogP contribution in [0.15, 0.2) is 28.7 Å². The lowest BCUT2D eigenvalue weighted by atomic mass is 10.2. The average molecular weight is 398 g/mol. The minimum atomic E-state index is -0.792. The summed E-state index contributed by atoms with van der Waals surface area (Å²) in [6.07, 6.45) is -0.927. The van der Waals surface area contributed by atoms with Crippen molar-refractivity contribution in [1.29, 1.82) is 0 Å². The van der Waals surface area contributed by atoms with Gasteiger partial charge in [-0.3, -0.25) is 4.79 Å². The molecule has 1 aromatic rings. The number of carbonyl (C=O) groups is 1. The average Bonchev–Trinajstić information content (AvgIpc) is 2.49. The molecule has 4 N–H and O–H groups in total. The van der Waals surface area contributed by atoms with Crippen molar-refractivity contribution in [3.8, 4) is 5.75 Å². The van der Waals surface area contributed by atoms with Crippen LogP contribution in [-0.2, 0) is 9.53 Å². The summed E-state index contributed by atoms with van der Waals surface area (Å²) in [7, 11) is 1.51. The van der Waals surface area contributed by atoms with Crippen LogP contribution in [0.2, 0.25) is 0 Å². The van der Waals surface area contributed by atoms with Gasteiger partial charge in [0.2, 0.25) is 5.91 Å². The number of halogens is 2. The summed E-state index contributed by atoms with van der Waals surface area (Å²) in [5.41, 5.74) is 5.43. The van der Waals surface area contributed by atoms with Crippen molar-refractivity contribution >= 4 is 34.2 Å². The topological polar surface area (TPSA) is 93.8 Å². The lowest BCUT2D eigenvalue weighted by Crippen LogP contribution is -2.38. The third kappa shape index (κ3) is 7.95. The molecule has 1 amide bonds. The molecular weight excluding hydrogens is 376 g/mol. The first-order valence-corrected chi connectivity index (χ1v) is 7.41. The van der Waals surface area contributed by atoms with E-state index in [1.807, 2.05) is 18.2 Å². The van der Waals surface area contributed by atoms with Crippen molar-refractivity contribution in [3.63, 3.8) is 0 Å². The fraction of sp³-hybridized carbons (Fsp3) is 0.500. The second kappa shape index (κ2) is 11.7. The quantitative estimate of drug-likeness (QED) is 0.580. The summed E-state index contributed by atoms with van der Waals surface area (Å²) in [6.45, 7) is 0.482. The SMILES string of the molecule is COC(CN)CC(=O)NCC(O)COc1ccccc1Br.Cl. The minimum absolute atomic E-state index is 0. The Morgan fingerprint density at radius 3 is 2.73 bits per heavy atom. The van der Waals surface area contributed by atoms with Crippen LogP contribution in [0.25, 0.3) is 0 Å². The van der Waals surface area contributed by atoms with E-state index in [1.54, 1.807) is 6.07 Å². The zero-order valence-corrected chi connectivity index (χ0v) is 14.7. The molecule has 0 radical (unpaired) electrons. The molecule has 0 heterocycles. The van der Waals surface area contributed by atoms with Crippen molar-refractivity contribution < 1.29 is 19.4 Å². The number of ether oxygens (including phenoxy) is 2. The standard InChI is InChI=1S/C14H21BrN2O4.ClH/c1-20-11(7-16)6-14(19)17-8-10(18)9-21-13-5-3-2-4-12(13)15;/h2-5,10-11,18H,6-9,16H2,1H3,(H,17,19);1H. The zero-order valence-electron chi connectivity index (χ0n) is 12.3. The first-order chi connectivity index (χ1) is 10.1. The molecule has 0 spiro atoms. The molecule has 0 saturated heterocycles. The summed E-state index contributed by atoms with van der Waals surface area (Å²) in [5.74, 6) is 0.428. The highest BCUT2D eigenvalue weighted by Gasteiger charge is 2.13. The van der Waals surface area contributed by atoms with Crippen LogP contribution >= 0.6 is 28.3 Å². The van der Waals surface area contributed by atoms with Gasteiger partial charge < -0.3 is 25.6 Å². The summed E-state index contributed by atoms with van der Waals surface area (Å²) >= 11 is 3.35. The Morgan fingerprint density at radius 2 is 2.14 bits per heavy atom. The van der Waals surface area contributed by atoms with E-state index in [1.165, 1.54) is 7.11 Å². The van der Waals surface area contributed by atoms with Gasteiger partial charge in [-0.25, -0.2) is 0 Å². The molecular formula is C14H22BrClN2O4. The third-order valence-corrected chi connectivity index (χ3v) is 3.47. The number of amides is 1. The Labute approximate surface area is 144 Å². The van der Waals surface area contributed by atoms with Gasteiger partial charge in [-0.1, -0.05) is 12.1 Å². The maximum absolute atomic E-state index is 11.6. The highest BCUT2D eigenvalue weighted by atomic mass is 79.9. The number of benzene rings is 1. The lowest BCUT2D eigenvalue weighted by molar-refractivity contribution is -0.123. The van der Waals surface area contributed by atoms with Crippen LogP contribution in [-0.4, -0.2) is 50.0 Å². The maximum Gasteiger partial charge on any atom is 0.222 e. The van der Waals surface area contributed by atoms with Crippen LogP contribution in [0.4, 0.5) is 0 Å². The lowest BCUT2D eigenvalue weighted by Gasteiger charge is -2.16. The summed E-state index contributed by atoms with van der Waals surface area (Å²) in [6, 6.07) is 7.35. The van der Waals surface area contributed by atoms with Crippen LogP contribution in [0, 0.1) is 0 Å². The molecule has 1 aromatic carbocycles. The second-order valence-corrected chi connectivity index (χ2v) is 5.35. The van der Waals surface area contributed by atoms with Crippen molar-refractivity contribution in [2.75, 3.05) is 26.8 Å². The van der Waals surface area contributed by atoms with Gasteiger partial charge in [0.05, 0.1) is 17.0 Å². The van der Waals surface area contributed by atoms with E-state index >= 15 is 0 Å². The molecule has 0 bridgehead atoms. The van der Waals surface area contributed by atoms with Gasteiger partial charge in [-0.2, -0.15) is 0 Å². The number of methoxy groups -OCH3 is 1. The van der Waals surface area contributed by atoms with Gasteiger partial charge in [-0.05, 0) is 28.1 Å². The Kier molecular flexibility index (Phi) is 11.2. The molecule has 8 heteroatoms. The Hall–Kier alpha value is -0.860. The predicted octanol–water partition coefficient (Wildman–Crippen LogP) is 1.09. The maximum atomic E-state index is 11.6. The summed E-state index contributed by atoms with van der Waals surface area (Å²) < 4.78 is 11.3. The van der Waals surface area contributed by atoms with Crippen LogP contribution in [0.5, 0.6) is 5.75 Å². The molecule has 0 fully saturated rings. The van der Waals surface area contributed by atoms with Gasteiger partial charge in [-0.15, -0.1) is 12.4 Å². The van der Waals surface area contributed by atoms with Crippen molar-refractivity contribution in [1.82, 2.24) is 5.32 Å². The molecule has 0 aliphatic rings. The number of rotatable bonds is 9. The number of nitrogens with one attached hydrogen (secondary N) is 1. The second-order valence-electron chi connectivity index (χ2n) is 4.50. The first kappa shape index (κ1) is 21.1. The Bertz CT molecular complexity index is 447. The van der Waals surface area contributed by atoms with E-state index < -0.39 is 6.10 Å². The third-order valence-electron chi connectivity index (χ3n) is 2.81. The highest BCUT2D eigenvalue weighted by Crippen LogP contribution is 2.23. The van der Waals surface area contributed by atoms with Crippen molar-refractivity contribution in [2.24, 2.45) is 5.73 Å². The van der Waals surface area contributed by atoms with E-state index in [2.05, 4.69) is 21.2 Å². The Morgan fingerprint density at radius 1 is 1.45 bits per heavy atom. The van der Waals surface area contributed by atoms with Gasteiger partial charge in [0.1, 0.15) is 18.5 Å². The Balaban J connectivity index is 0.00000441. The van der Waals surface area contributed by atoms with Gasteiger partial charge >= 0.3 is 0 Å². The van der Waals surface area contributed by atoms with Crippen LogP contribution < -0.4 is 15.8 Å². The monoisotopic (exact) mass is 396 g/mol. The van der Waals surface area contributed by atoms with E-state index in [4.69, 9.17) is 15.2 Å². The molecule has 0 aliphatic carbocycles. The summed E-state index contributed by atoms with van der Waals surface area (Å²) in [4.78, 5) is 11.6. The van der Waals surface area contributed by atoms with Crippen LogP contribution in [0.3, 0.4) is 0 Å². The van der Waals surface area contributed by atoms with Crippen molar-refractivity contribution in [2.45, 2.75) is 18.6 Å². The van der Waals surface area contributed by atoms with E-state index in [-0.39, 0.29) is 50.5 Å². The van der Waals surface area contributed by atoms with E-state index in [0.717, 1.165) is 4.47 Å². The number of para-hydroxylation sites is 1.